The first-order valence-corrected chi connectivity index (χ1v) is 15.6. The Balaban J connectivity index is 2.23. The number of hydrogen-bond donors (Lipinski definition) is 4. The average Bonchev–Trinajstić information content (AvgIpc) is 3.37. The predicted molar refractivity (Wildman–Crippen MR) is 185 cm³/mol. The Hall–Kier alpha value is -4.27. The maximum absolute atomic E-state index is 14.9. The van der Waals surface area contributed by atoms with Crippen molar-refractivity contribution in [3.63, 3.8) is 0 Å². The zero-order chi connectivity index (χ0) is 39.8. The third-order valence-corrected chi connectivity index (χ3v) is 8.78. The fourth-order valence-electron chi connectivity index (χ4n) is 5.81. The van der Waals surface area contributed by atoms with Crippen LogP contribution in [0.1, 0.15) is 92.3 Å². The average molecular weight is 649 g/mol. The van der Waals surface area contributed by atoms with Crippen LogP contribution in [0.2, 0.25) is 0 Å². The molecule has 1 heterocycles. The number of aliphatic hydroxyl groups excluding tert-OH is 2. The Kier molecular flexibility index (Phi) is 8.93. The van der Waals surface area contributed by atoms with E-state index in [0.29, 0.717) is 22.4 Å². The van der Waals surface area contributed by atoms with Gasteiger partial charge >= 0.3 is 5.97 Å². The number of carboxylic acids is 1. The number of halogens is 1. The number of hydrogen-bond acceptors (Lipinski definition) is 4. The summed E-state index contributed by atoms with van der Waals surface area (Å²) in [6.07, 6.45) is -6.59. The van der Waals surface area contributed by atoms with Crippen molar-refractivity contribution in [2.75, 3.05) is 5.32 Å². The van der Waals surface area contributed by atoms with E-state index in [1.54, 1.807) is 37.3 Å². The molecule has 0 radical (unpaired) electrons. The molecule has 2 unspecified atom stereocenters. The predicted octanol–water partition coefficient (Wildman–Crippen LogP) is 8.18. The highest BCUT2D eigenvalue weighted by Gasteiger charge is 2.33. The van der Waals surface area contributed by atoms with E-state index in [4.69, 9.17) is 6.85 Å². The molecule has 0 saturated heterocycles. The standard InChI is InChI=1S/C39H47FN2O5/c1-8-22(2)37-36(39(47)41-30-17-12-23(3)25(5)18-30)35(32-11-9-10-24(4)27(32)7)38(28-13-15-29(40)16-14-28)42(37)21-26(6)33(44)19-31(43)20-34(45)46/h9-18,22,26,31,33,43-44H,8,19-21H2,1-7H3,(H,41,47)(H,45,46)/t22?,26?,31-,33+/m1/s1/i2D3,8D2,22D. The molecule has 4 atom stereocenters. The number of carboxylic acid groups (broad SMARTS) is 1. The summed E-state index contributed by atoms with van der Waals surface area (Å²) in [5, 5.41) is 33.7. The molecular weight excluding hydrogens is 595 g/mol. The Morgan fingerprint density at radius 1 is 1.02 bits per heavy atom. The van der Waals surface area contributed by atoms with Crippen molar-refractivity contribution in [2.24, 2.45) is 5.92 Å². The van der Waals surface area contributed by atoms with E-state index in [9.17, 15) is 30.7 Å². The highest BCUT2D eigenvalue weighted by molar-refractivity contribution is 6.13. The van der Waals surface area contributed by atoms with Gasteiger partial charge in [-0.25, -0.2) is 4.39 Å². The molecule has 1 amide bonds. The third-order valence-electron chi connectivity index (χ3n) is 8.78. The second-order valence-corrected chi connectivity index (χ2v) is 12.2. The molecule has 7 nitrogen and oxygen atoms in total. The fraction of sp³-hybridized carbons (Fsp3) is 0.385. The lowest BCUT2D eigenvalue weighted by molar-refractivity contribution is -0.139. The number of carbonyl (C=O) groups is 2. The summed E-state index contributed by atoms with van der Waals surface area (Å²) < 4.78 is 69.4. The molecule has 3 aromatic carbocycles. The van der Waals surface area contributed by atoms with Crippen LogP contribution in [-0.2, 0) is 11.3 Å². The molecular formula is C39H47FN2O5. The topological polar surface area (TPSA) is 112 Å². The molecule has 0 bridgehead atoms. The molecule has 4 rings (SSSR count). The highest BCUT2D eigenvalue weighted by Crippen LogP contribution is 2.45. The number of aliphatic hydroxyl groups is 2. The zero-order valence-corrected chi connectivity index (χ0v) is 27.6. The smallest absolute Gasteiger partial charge is 0.305 e. The van der Waals surface area contributed by atoms with Crippen molar-refractivity contribution in [1.82, 2.24) is 4.57 Å². The Bertz CT molecular complexity index is 1970. The maximum Gasteiger partial charge on any atom is 0.305 e. The molecule has 47 heavy (non-hydrogen) atoms. The Morgan fingerprint density at radius 3 is 2.34 bits per heavy atom. The van der Waals surface area contributed by atoms with E-state index in [0.717, 1.165) is 23.6 Å². The maximum atomic E-state index is 14.9. The van der Waals surface area contributed by atoms with Crippen molar-refractivity contribution in [1.29, 1.82) is 0 Å². The van der Waals surface area contributed by atoms with Gasteiger partial charge in [0, 0.05) is 44.1 Å². The van der Waals surface area contributed by atoms with Crippen molar-refractivity contribution < 1.29 is 37.5 Å². The van der Waals surface area contributed by atoms with Gasteiger partial charge < -0.3 is 25.2 Å². The minimum Gasteiger partial charge on any atom is -0.481 e. The number of nitrogens with zero attached hydrogens (tertiary/aromatic N) is 1. The molecule has 0 aliphatic carbocycles. The molecule has 0 aliphatic heterocycles. The molecule has 0 fully saturated rings. The molecule has 4 N–H and O–H groups in total. The molecule has 4 aromatic rings. The van der Waals surface area contributed by atoms with Crippen molar-refractivity contribution in [3.05, 3.63) is 100.0 Å². The van der Waals surface area contributed by atoms with E-state index >= 15 is 0 Å². The van der Waals surface area contributed by atoms with E-state index in [-0.39, 0.29) is 29.8 Å². The Labute approximate surface area is 285 Å². The normalized spacial score (nSPS) is 17.1. The number of aliphatic carboxylic acids is 1. The number of benzene rings is 3. The van der Waals surface area contributed by atoms with Gasteiger partial charge in [0.2, 0.25) is 0 Å². The van der Waals surface area contributed by atoms with Gasteiger partial charge in [0.25, 0.3) is 5.91 Å². The van der Waals surface area contributed by atoms with Crippen molar-refractivity contribution in [3.8, 4) is 22.4 Å². The van der Waals surface area contributed by atoms with Crippen LogP contribution in [0.3, 0.4) is 0 Å². The molecule has 250 valence electrons. The first kappa shape index (κ1) is 27.8. The number of aromatic nitrogens is 1. The zero-order valence-electron chi connectivity index (χ0n) is 33.6. The van der Waals surface area contributed by atoms with Gasteiger partial charge in [-0.1, -0.05) is 45.0 Å². The van der Waals surface area contributed by atoms with E-state index in [1.165, 1.54) is 28.8 Å². The lowest BCUT2D eigenvalue weighted by Gasteiger charge is -2.26. The van der Waals surface area contributed by atoms with E-state index in [1.807, 2.05) is 33.8 Å². The van der Waals surface area contributed by atoms with Crippen LogP contribution in [0, 0.1) is 39.4 Å². The van der Waals surface area contributed by atoms with Gasteiger partial charge in [-0.2, -0.15) is 0 Å². The first-order valence-electron chi connectivity index (χ1n) is 18.6. The molecule has 8 heteroatoms. The number of nitrogens with one attached hydrogen (secondary N) is 1. The van der Waals surface area contributed by atoms with Gasteiger partial charge in [-0.05, 0) is 110 Å². The highest BCUT2D eigenvalue weighted by atomic mass is 19.1. The number of anilines is 1. The molecule has 1 aromatic heterocycles. The number of carbonyl (C=O) groups excluding carboxylic acids is 1. The summed E-state index contributed by atoms with van der Waals surface area (Å²) >= 11 is 0. The lowest BCUT2D eigenvalue weighted by atomic mass is 9.89. The van der Waals surface area contributed by atoms with Crippen molar-refractivity contribution >= 4 is 17.6 Å². The van der Waals surface area contributed by atoms with Gasteiger partial charge in [0.1, 0.15) is 5.82 Å². The summed E-state index contributed by atoms with van der Waals surface area (Å²) in [5.41, 5.74) is 4.05. The molecule has 0 aliphatic rings. The van der Waals surface area contributed by atoms with Gasteiger partial charge in [-0.15, -0.1) is 0 Å². The summed E-state index contributed by atoms with van der Waals surface area (Å²) in [4.78, 5) is 26.2. The first-order chi connectivity index (χ1) is 24.5. The molecule has 0 spiro atoms. The van der Waals surface area contributed by atoms with Crippen molar-refractivity contribution in [2.45, 2.75) is 92.3 Å². The monoisotopic (exact) mass is 648 g/mol. The number of rotatable bonds is 13. The second kappa shape index (κ2) is 15.1. The van der Waals surface area contributed by atoms with Gasteiger partial charge in [-0.3, -0.25) is 9.59 Å². The minimum atomic E-state index is -3.38. The molecule has 0 saturated carbocycles. The van der Waals surface area contributed by atoms with Gasteiger partial charge in [0.05, 0.1) is 29.9 Å². The van der Waals surface area contributed by atoms with Crippen LogP contribution in [0.15, 0.2) is 60.7 Å². The largest absolute Gasteiger partial charge is 0.481 e. The van der Waals surface area contributed by atoms with Crippen LogP contribution in [-0.4, -0.2) is 44.0 Å². The minimum absolute atomic E-state index is 0.173. The van der Waals surface area contributed by atoms with Crippen LogP contribution < -0.4 is 5.32 Å². The summed E-state index contributed by atoms with van der Waals surface area (Å²) in [7, 11) is 0. The van der Waals surface area contributed by atoms with Crippen LogP contribution >= 0.6 is 0 Å². The quantitative estimate of drug-likeness (QED) is 0.117. The van der Waals surface area contributed by atoms with E-state index in [2.05, 4.69) is 5.32 Å². The summed E-state index contributed by atoms with van der Waals surface area (Å²) in [6.45, 7) is 6.27. The second-order valence-electron chi connectivity index (χ2n) is 12.2. The number of amides is 1. The van der Waals surface area contributed by atoms with Crippen LogP contribution in [0.25, 0.3) is 22.4 Å². The third kappa shape index (κ3) is 8.00. The summed E-state index contributed by atoms with van der Waals surface area (Å²) in [6, 6.07) is 15.8. The SMILES string of the molecule is [2H]C([2H])([2H])C([2H])(c1c(C(=O)Nc2ccc(C)c(C)c2)c(-c2cccc(C)c2C)c(-c2ccc(F)cc2)n1CC(C)[C@@H](O)C[C@@H](O)CC(=O)O)C([2H])([2H])C. The number of aryl methyl sites for hydroxylation is 3. The fourth-order valence-corrected chi connectivity index (χ4v) is 5.81. The van der Waals surface area contributed by atoms with Crippen LogP contribution in [0.4, 0.5) is 10.1 Å². The summed E-state index contributed by atoms with van der Waals surface area (Å²) in [5.74, 6) is -6.67. The van der Waals surface area contributed by atoms with E-state index < -0.39 is 67.1 Å². The Morgan fingerprint density at radius 2 is 1.72 bits per heavy atom. The van der Waals surface area contributed by atoms with Crippen LogP contribution in [0.5, 0.6) is 0 Å². The lowest BCUT2D eigenvalue weighted by Crippen LogP contribution is -2.29. The van der Waals surface area contributed by atoms with Gasteiger partial charge in [0.15, 0.2) is 0 Å².